The van der Waals surface area contributed by atoms with E-state index in [1.54, 1.807) is 6.07 Å². The Kier molecular flexibility index (Phi) is 9.03. The van der Waals surface area contributed by atoms with Crippen LogP contribution in [-0.2, 0) is 21.5 Å². The topological polar surface area (TPSA) is 99.7 Å². The van der Waals surface area contributed by atoms with Crippen LogP contribution in [0.5, 0.6) is 5.75 Å². The lowest BCUT2D eigenvalue weighted by Gasteiger charge is -2.29. The highest BCUT2D eigenvalue weighted by Crippen LogP contribution is 2.45. The lowest BCUT2D eigenvalue weighted by Crippen LogP contribution is -2.55. The van der Waals surface area contributed by atoms with Crippen LogP contribution in [0.15, 0.2) is 42.5 Å². The molecule has 0 radical (unpaired) electrons. The van der Waals surface area contributed by atoms with Crippen LogP contribution in [0.4, 0.5) is 4.39 Å². The van der Waals surface area contributed by atoms with Crippen LogP contribution in [0, 0.1) is 18.2 Å². The molecule has 2 aromatic rings. The monoisotopic (exact) mass is 521 g/mol. The Morgan fingerprint density at radius 2 is 2.03 bits per heavy atom. The number of benzene rings is 2. The number of carbonyl (C=O) groups excluding carboxylic acids is 2. The van der Waals surface area contributed by atoms with Crippen LogP contribution in [0.2, 0.25) is 0 Å². The Morgan fingerprint density at radius 1 is 1.21 bits per heavy atom. The van der Waals surface area contributed by atoms with Gasteiger partial charge in [0.05, 0.1) is 18.8 Å². The molecule has 7 nitrogen and oxygen atoms in total. The van der Waals surface area contributed by atoms with E-state index in [1.807, 2.05) is 31.2 Å². The molecule has 1 fully saturated rings. The molecule has 2 aromatic carbocycles. The molecule has 8 heteroatoms. The maximum absolute atomic E-state index is 14.4. The van der Waals surface area contributed by atoms with Gasteiger partial charge in [-0.05, 0) is 73.9 Å². The van der Waals surface area contributed by atoms with E-state index in [-0.39, 0.29) is 36.7 Å². The van der Waals surface area contributed by atoms with Gasteiger partial charge in [-0.25, -0.2) is 4.39 Å². The van der Waals surface area contributed by atoms with Gasteiger partial charge in [0, 0.05) is 30.1 Å². The number of ether oxygens (including phenoxy) is 1. The van der Waals surface area contributed by atoms with Gasteiger partial charge in [-0.2, -0.15) is 0 Å². The van der Waals surface area contributed by atoms with Crippen molar-refractivity contribution in [1.82, 2.24) is 16.0 Å². The van der Waals surface area contributed by atoms with Crippen molar-refractivity contribution in [2.24, 2.45) is 0 Å². The van der Waals surface area contributed by atoms with Crippen LogP contribution in [0.25, 0.3) is 0 Å². The first-order chi connectivity index (χ1) is 18.3. The molecule has 202 valence electrons. The number of terminal acetylenes is 1. The molecular weight excluding hydrogens is 485 g/mol. The average Bonchev–Trinajstić information content (AvgIpc) is 3.70. The molecule has 1 saturated carbocycles. The molecule has 2 bridgehead atoms. The van der Waals surface area contributed by atoms with Gasteiger partial charge in [0.15, 0.2) is 0 Å². The Morgan fingerprint density at radius 3 is 2.76 bits per heavy atom. The summed E-state index contributed by atoms with van der Waals surface area (Å²) >= 11 is 0. The molecule has 1 heterocycles. The van der Waals surface area contributed by atoms with E-state index in [1.165, 1.54) is 12.1 Å². The molecule has 1 aliphatic carbocycles. The molecule has 0 saturated heterocycles. The fourth-order valence-corrected chi connectivity index (χ4v) is 4.88. The Labute approximate surface area is 223 Å². The van der Waals surface area contributed by atoms with E-state index < -0.39 is 24.0 Å². The quantitative estimate of drug-likeness (QED) is 0.438. The number of hydrogen-bond donors (Lipinski definition) is 4. The number of aliphatic hydroxyl groups is 1. The first-order valence-electron chi connectivity index (χ1n) is 13.3. The summed E-state index contributed by atoms with van der Waals surface area (Å²) in [6, 6.07) is 10.8. The van der Waals surface area contributed by atoms with Crippen molar-refractivity contribution in [1.29, 1.82) is 0 Å². The molecule has 3 atom stereocenters. The van der Waals surface area contributed by atoms with Crippen molar-refractivity contribution in [3.05, 3.63) is 65.0 Å². The summed E-state index contributed by atoms with van der Waals surface area (Å²) < 4.78 is 20.1. The summed E-state index contributed by atoms with van der Waals surface area (Å²) in [5.41, 5.74) is 2.17. The van der Waals surface area contributed by atoms with Crippen molar-refractivity contribution in [2.45, 2.75) is 75.6 Å². The molecule has 1 aliphatic heterocycles. The van der Waals surface area contributed by atoms with Gasteiger partial charge in [-0.3, -0.25) is 9.59 Å². The maximum Gasteiger partial charge on any atom is 0.242 e. The highest BCUT2D eigenvalue weighted by atomic mass is 19.1. The molecule has 1 unspecified atom stereocenters. The van der Waals surface area contributed by atoms with E-state index >= 15 is 0 Å². The molecule has 38 heavy (non-hydrogen) atoms. The van der Waals surface area contributed by atoms with Gasteiger partial charge >= 0.3 is 0 Å². The number of aliphatic hydroxyl groups excluding tert-OH is 1. The first kappa shape index (κ1) is 27.6. The number of halogens is 1. The lowest BCUT2D eigenvalue weighted by molar-refractivity contribution is -0.130. The second-order valence-electron chi connectivity index (χ2n) is 10.2. The minimum Gasteiger partial charge on any atom is -0.493 e. The molecule has 0 spiro atoms. The second-order valence-corrected chi connectivity index (χ2v) is 10.2. The van der Waals surface area contributed by atoms with E-state index in [2.05, 4.69) is 21.9 Å². The largest absolute Gasteiger partial charge is 0.493 e. The Balaban J connectivity index is 1.54. The predicted molar refractivity (Wildman–Crippen MR) is 143 cm³/mol. The van der Waals surface area contributed by atoms with Crippen molar-refractivity contribution in [3.63, 3.8) is 0 Å². The van der Waals surface area contributed by atoms with Gasteiger partial charge in [0.1, 0.15) is 17.6 Å². The minimum atomic E-state index is -0.983. The number of nitrogens with one attached hydrogen (secondary N) is 3. The summed E-state index contributed by atoms with van der Waals surface area (Å²) in [6.45, 7) is 2.37. The molecule has 4 N–H and O–H groups in total. The van der Waals surface area contributed by atoms with E-state index in [0.29, 0.717) is 37.2 Å². The van der Waals surface area contributed by atoms with E-state index in [4.69, 9.17) is 11.2 Å². The highest BCUT2D eigenvalue weighted by molar-refractivity contribution is 5.87. The number of fused-ring (bicyclic) bond motifs is 2. The molecule has 2 amide bonds. The Bertz CT molecular complexity index is 1190. The van der Waals surface area contributed by atoms with Gasteiger partial charge in [-0.15, -0.1) is 6.42 Å². The lowest BCUT2D eigenvalue weighted by atomic mass is 9.98. The summed E-state index contributed by atoms with van der Waals surface area (Å²) in [7, 11) is 0. The summed E-state index contributed by atoms with van der Waals surface area (Å²) in [5, 5.41) is 20.5. The summed E-state index contributed by atoms with van der Waals surface area (Å²) in [6.07, 6.45) is 8.46. The van der Waals surface area contributed by atoms with E-state index in [9.17, 15) is 19.1 Å². The standard InChI is InChI=1S/C30H36FN3O4/c1-3-20-8-7-9-22(14-20)30(11-12-30)32-19-27(35)26-17-21-15-23(31)18-24(16-21)38-13-6-5-10-28(36)33-25(4-2)29(37)34-26/h1,7-9,14-16,18,25-27,32,35H,4-6,10-13,17,19H2,2H3,(H,33,36)(H,34,37)/t25?,26-,27+/m0/s1. The zero-order valence-corrected chi connectivity index (χ0v) is 21.8. The number of amides is 2. The Hall–Kier alpha value is -3.41. The summed E-state index contributed by atoms with van der Waals surface area (Å²) in [5.74, 6) is 2.00. The number of hydrogen-bond acceptors (Lipinski definition) is 5. The molecule has 2 aliphatic rings. The van der Waals surface area contributed by atoms with Gasteiger partial charge in [0.25, 0.3) is 0 Å². The number of rotatable bonds is 6. The summed E-state index contributed by atoms with van der Waals surface area (Å²) in [4.78, 5) is 25.6. The van der Waals surface area contributed by atoms with Crippen molar-refractivity contribution in [3.8, 4) is 18.1 Å². The number of carbonyl (C=O) groups is 2. The van der Waals surface area contributed by atoms with Crippen molar-refractivity contribution in [2.75, 3.05) is 13.2 Å². The van der Waals surface area contributed by atoms with Crippen molar-refractivity contribution >= 4 is 11.8 Å². The zero-order chi connectivity index (χ0) is 27.1. The fourth-order valence-electron chi connectivity index (χ4n) is 4.88. The van der Waals surface area contributed by atoms with Gasteiger partial charge in [0.2, 0.25) is 11.8 Å². The average molecular weight is 522 g/mol. The third kappa shape index (κ3) is 7.12. The molecule has 0 aromatic heterocycles. The maximum atomic E-state index is 14.4. The molecular formula is C30H36FN3O4. The van der Waals surface area contributed by atoms with Crippen LogP contribution in [-0.4, -0.2) is 48.3 Å². The third-order valence-corrected chi connectivity index (χ3v) is 7.29. The van der Waals surface area contributed by atoms with Crippen LogP contribution >= 0.6 is 0 Å². The van der Waals surface area contributed by atoms with Crippen molar-refractivity contribution < 1.29 is 23.8 Å². The normalized spacial score (nSPS) is 22.5. The predicted octanol–water partition coefficient (Wildman–Crippen LogP) is 2.93. The van der Waals surface area contributed by atoms with Gasteiger partial charge < -0.3 is 25.8 Å². The minimum absolute atomic E-state index is 0.187. The van der Waals surface area contributed by atoms with Crippen LogP contribution in [0.3, 0.4) is 0 Å². The smallest absolute Gasteiger partial charge is 0.242 e. The van der Waals surface area contributed by atoms with Gasteiger partial charge in [-0.1, -0.05) is 25.0 Å². The second kappa shape index (κ2) is 12.4. The molecule has 4 rings (SSSR count). The van der Waals surface area contributed by atoms with Crippen LogP contribution in [0.1, 0.15) is 62.1 Å². The first-order valence-corrected chi connectivity index (χ1v) is 13.3. The highest BCUT2D eigenvalue weighted by Gasteiger charge is 2.44. The van der Waals surface area contributed by atoms with E-state index in [0.717, 1.165) is 24.0 Å². The SMILES string of the molecule is C#Cc1cccc(C2(NC[C@@H](O)[C@@H]3Cc4cc(F)cc(c4)OCCCCC(=O)NC(CC)C(=O)N3)CC2)c1. The zero-order valence-electron chi connectivity index (χ0n) is 21.8. The third-order valence-electron chi connectivity index (χ3n) is 7.29. The van der Waals surface area contributed by atoms with Crippen LogP contribution < -0.4 is 20.7 Å². The fraction of sp³-hybridized carbons (Fsp3) is 0.467.